The van der Waals surface area contributed by atoms with Gasteiger partial charge >= 0.3 is 0 Å². The number of aryl methyl sites for hydroxylation is 3. The van der Waals surface area contributed by atoms with Crippen LogP contribution in [0.25, 0.3) is 0 Å². The molecule has 5 heteroatoms. The van der Waals surface area contributed by atoms with Crippen molar-refractivity contribution in [2.24, 2.45) is 5.92 Å². The number of likely N-dealkylation sites (tertiary alicyclic amines) is 1. The third-order valence-corrected chi connectivity index (χ3v) is 4.16. The van der Waals surface area contributed by atoms with Crippen LogP contribution in [0.3, 0.4) is 0 Å². The van der Waals surface area contributed by atoms with Gasteiger partial charge in [0.15, 0.2) is 0 Å². The molecule has 0 aliphatic carbocycles. The molecule has 1 atom stereocenters. The van der Waals surface area contributed by atoms with E-state index in [2.05, 4.69) is 37.4 Å². The summed E-state index contributed by atoms with van der Waals surface area (Å²) in [6.07, 6.45) is 1.68. The second-order valence-electron chi connectivity index (χ2n) is 5.92. The second kappa shape index (κ2) is 6.73. The molecule has 1 saturated heterocycles. The van der Waals surface area contributed by atoms with Crippen LogP contribution in [0.2, 0.25) is 0 Å². The minimum atomic E-state index is -0.848. The molecule has 22 heavy (non-hydrogen) atoms. The summed E-state index contributed by atoms with van der Waals surface area (Å²) in [5, 5.41) is 2.75. The third-order valence-electron chi connectivity index (χ3n) is 4.16. The van der Waals surface area contributed by atoms with E-state index >= 15 is 0 Å². The Balaban J connectivity index is 1.77. The number of carbonyl (C=O) groups excluding carboxylic acids is 3. The van der Waals surface area contributed by atoms with Crippen LogP contribution in [0, 0.1) is 19.8 Å². The number of hydrogen-bond donors (Lipinski definition) is 1. The Morgan fingerprint density at radius 3 is 2.59 bits per heavy atom. The average Bonchev–Trinajstić information content (AvgIpc) is 2.74. The summed E-state index contributed by atoms with van der Waals surface area (Å²) in [6.45, 7) is 4.85. The highest BCUT2D eigenvalue weighted by atomic mass is 16.2. The van der Waals surface area contributed by atoms with Crippen LogP contribution in [0.15, 0.2) is 18.2 Å². The summed E-state index contributed by atoms with van der Waals surface area (Å²) in [6, 6.07) is 6.35. The van der Waals surface area contributed by atoms with Crippen molar-refractivity contribution in [3.05, 3.63) is 34.9 Å². The van der Waals surface area contributed by atoms with E-state index < -0.39 is 17.6 Å². The van der Waals surface area contributed by atoms with Gasteiger partial charge in [-0.2, -0.15) is 0 Å². The fraction of sp³-hybridized carbons (Fsp3) is 0.471. The molecule has 0 saturated carbocycles. The lowest BCUT2D eigenvalue weighted by Gasteiger charge is -2.10. The van der Waals surface area contributed by atoms with Crippen molar-refractivity contribution >= 4 is 17.6 Å². The Hall–Kier alpha value is -2.17. The minimum Gasteiger partial charge on any atom is -0.355 e. The van der Waals surface area contributed by atoms with Crippen LogP contribution in [-0.2, 0) is 20.8 Å². The molecule has 5 nitrogen and oxygen atoms in total. The maximum Gasteiger partial charge on any atom is 0.290 e. The number of ketones is 1. The van der Waals surface area contributed by atoms with Gasteiger partial charge in [0.2, 0.25) is 11.7 Å². The van der Waals surface area contributed by atoms with Crippen molar-refractivity contribution in [3.8, 4) is 0 Å². The summed E-state index contributed by atoms with van der Waals surface area (Å²) in [4.78, 5) is 36.3. The fourth-order valence-corrected chi connectivity index (χ4v) is 2.57. The van der Waals surface area contributed by atoms with Crippen molar-refractivity contribution in [1.82, 2.24) is 10.2 Å². The second-order valence-corrected chi connectivity index (χ2v) is 5.92. The van der Waals surface area contributed by atoms with Crippen LogP contribution in [0.4, 0.5) is 0 Å². The zero-order valence-electron chi connectivity index (χ0n) is 13.3. The van der Waals surface area contributed by atoms with Gasteiger partial charge in [-0.1, -0.05) is 18.2 Å². The summed E-state index contributed by atoms with van der Waals surface area (Å²) < 4.78 is 0. The molecule has 1 aromatic rings. The van der Waals surface area contributed by atoms with Crippen LogP contribution >= 0.6 is 0 Å². The number of hydrogen-bond acceptors (Lipinski definition) is 3. The molecule has 2 amide bonds. The molecule has 1 N–H and O–H groups in total. The predicted octanol–water partition coefficient (Wildman–Crippen LogP) is 1.01. The highest BCUT2D eigenvalue weighted by Gasteiger charge is 2.41. The molecule has 1 fully saturated rings. The first-order valence-electron chi connectivity index (χ1n) is 7.53. The normalized spacial score (nSPS) is 18.0. The summed E-state index contributed by atoms with van der Waals surface area (Å²) in [5.41, 5.74) is 3.77. The molecular weight excluding hydrogens is 280 g/mol. The van der Waals surface area contributed by atoms with Gasteiger partial charge in [0.05, 0.1) is 0 Å². The maximum atomic E-state index is 11.9. The van der Waals surface area contributed by atoms with E-state index in [4.69, 9.17) is 0 Å². The Morgan fingerprint density at radius 1 is 1.27 bits per heavy atom. The number of rotatable bonds is 5. The quantitative estimate of drug-likeness (QED) is 0.501. The van der Waals surface area contributed by atoms with E-state index in [9.17, 15) is 14.4 Å². The fourth-order valence-electron chi connectivity index (χ4n) is 2.57. The van der Waals surface area contributed by atoms with Gasteiger partial charge in [-0.05, 0) is 43.4 Å². The molecule has 0 spiro atoms. The van der Waals surface area contributed by atoms with E-state index in [1.165, 1.54) is 28.6 Å². The average molecular weight is 302 g/mol. The SMILES string of the molecule is Cc1ccc(CCCNC(=O)C2CN(C)C(=O)C2=O)cc1C. The smallest absolute Gasteiger partial charge is 0.290 e. The minimum absolute atomic E-state index is 0.181. The number of nitrogens with zero attached hydrogens (tertiary/aromatic N) is 1. The Kier molecular flexibility index (Phi) is 4.96. The van der Waals surface area contributed by atoms with Crippen molar-refractivity contribution in [1.29, 1.82) is 0 Å². The Labute approximate surface area is 130 Å². The predicted molar refractivity (Wildman–Crippen MR) is 83.4 cm³/mol. The lowest BCUT2D eigenvalue weighted by atomic mass is 10.0. The first-order chi connectivity index (χ1) is 10.4. The number of benzene rings is 1. The van der Waals surface area contributed by atoms with Gasteiger partial charge in [0.25, 0.3) is 5.91 Å². The first kappa shape index (κ1) is 16.2. The third kappa shape index (κ3) is 3.53. The lowest BCUT2D eigenvalue weighted by Crippen LogP contribution is -2.36. The molecule has 1 unspecified atom stereocenters. The molecule has 1 heterocycles. The number of Topliss-reactive ketones (excluding diaryl/α,β-unsaturated/α-hetero) is 1. The molecule has 1 aliphatic rings. The lowest BCUT2D eigenvalue weighted by molar-refractivity contribution is -0.142. The van der Waals surface area contributed by atoms with E-state index in [1.807, 2.05) is 0 Å². The van der Waals surface area contributed by atoms with Crippen molar-refractivity contribution < 1.29 is 14.4 Å². The molecule has 118 valence electrons. The molecule has 1 aromatic carbocycles. The highest BCUT2D eigenvalue weighted by Crippen LogP contribution is 2.13. The molecule has 1 aliphatic heterocycles. The van der Waals surface area contributed by atoms with Gasteiger partial charge in [0.1, 0.15) is 5.92 Å². The molecule has 0 aromatic heterocycles. The van der Waals surface area contributed by atoms with Crippen molar-refractivity contribution in [2.45, 2.75) is 26.7 Å². The molecular formula is C17H22N2O3. The van der Waals surface area contributed by atoms with Gasteiger partial charge in [-0.25, -0.2) is 0 Å². The topological polar surface area (TPSA) is 66.5 Å². The summed E-state index contributed by atoms with van der Waals surface area (Å²) in [7, 11) is 1.53. The van der Waals surface area contributed by atoms with Crippen LogP contribution in [-0.4, -0.2) is 42.6 Å². The zero-order chi connectivity index (χ0) is 16.3. The van der Waals surface area contributed by atoms with Crippen LogP contribution in [0.1, 0.15) is 23.1 Å². The molecule has 0 radical (unpaired) electrons. The monoisotopic (exact) mass is 302 g/mol. The summed E-state index contributed by atoms with van der Waals surface area (Å²) in [5.74, 6) is -2.37. The number of likely N-dealkylation sites (N-methyl/N-ethyl adjacent to an activating group) is 1. The van der Waals surface area contributed by atoms with Gasteiger partial charge in [0, 0.05) is 20.1 Å². The Morgan fingerprint density at radius 2 is 2.00 bits per heavy atom. The van der Waals surface area contributed by atoms with Crippen LogP contribution < -0.4 is 5.32 Å². The van der Waals surface area contributed by atoms with Gasteiger partial charge < -0.3 is 10.2 Å². The molecule has 2 rings (SSSR count). The van der Waals surface area contributed by atoms with Gasteiger partial charge in [-0.15, -0.1) is 0 Å². The number of amides is 2. The van der Waals surface area contributed by atoms with Crippen LogP contribution in [0.5, 0.6) is 0 Å². The van der Waals surface area contributed by atoms with E-state index in [-0.39, 0.29) is 12.5 Å². The Bertz CT molecular complexity index is 610. The standard InChI is InChI=1S/C17H22N2O3/c1-11-6-7-13(9-12(11)2)5-4-8-18-16(21)14-10-19(3)17(22)15(14)20/h6-7,9,14H,4-5,8,10H2,1-3H3,(H,18,21). The van der Waals surface area contributed by atoms with E-state index in [0.29, 0.717) is 6.54 Å². The maximum absolute atomic E-state index is 11.9. The number of nitrogens with one attached hydrogen (secondary N) is 1. The zero-order valence-corrected chi connectivity index (χ0v) is 13.3. The van der Waals surface area contributed by atoms with Gasteiger partial charge in [-0.3, -0.25) is 14.4 Å². The van der Waals surface area contributed by atoms with E-state index in [0.717, 1.165) is 12.8 Å². The van der Waals surface area contributed by atoms with E-state index in [1.54, 1.807) is 0 Å². The highest BCUT2D eigenvalue weighted by molar-refractivity contribution is 6.42. The number of carbonyl (C=O) groups is 3. The molecule has 0 bridgehead atoms. The first-order valence-corrected chi connectivity index (χ1v) is 7.53. The summed E-state index contributed by atoms with van der Waals surface area (Å²) >= 11 is 0. The largest absolute Gasteiger partial charge is 0.355 e. The van der Waals surface area contributed by atoms with Crippen molar-refractivity contribution in [2.75, 3.05) is 20.1 Å². The van der Waals surface area contributed by atoms with Crippen molar-refractivity contribution in [3.63, 3.8) is 0 Å².